The van der Waals surface area contributed by atoms with E-state index in [4.69, 9.17) is 9.84 Å². The zero-order chi connectivity index (χ0) is 22.7. The maximum Gasteiger partial charge on any atom is 0.407 e. The van der Waals surface area contributed by atoms with Crippen molar-refractivity contribution in [2.45, 2.75) is 38.1 Å². The molecule has 2 aromatic rings. The number of hydrogen-bond donors (Lipinski definition) is 2. The van der Waals surface area contributed by atoms with Crippen LogP contribution in [-0.2, 0) is 14.3 Å². The zero-order valence-corrected chi connectivity index (χ0v) is 18.1. The molecule has 0 bridgehead atoms. The molecule has 1 atom stereocenters. The van der Waals surface area contributed by atoms with Crippen molar-refractivity contribution in [3.63, 3.8) is 0 Å². The van der Waals surface area contributed by atoms with Crippen molar-refractivity contribution in [3.05, 3.63) is 59.7 Å². The van der Waals surface area contributed by atoms with Gasteiger partial charge >= 0.3 is 12.1 Å². The van der Waals surface area contributed by atoms with Crippen molar-refractivity contribution in [2.24, 2.45) is 5.92 Å². The van der Waals surface area contributed by atoms with Gasteiger partial charge in [-0.2, -0.15) is 0 Å². The van der Waals surface area contributed by atoms with Crippen LogP contribution in [-0.4, -0.2) is 53.7 Å². The Morgan fingerprint density at radius 1 is 1.06 bits per heavy atom. The molecule has 2 aromatic carbocycles. The predicted octanol–water partition coefficient (Wildman–Crippen LogP) is 3.63. The Morgan fingerprint density at radius 2 is 1.66 bits per heavy atom. The second-order valence-corrected chi connectivity index (χ2v) is 8.47. The molecule has 1 aliphatic carbocycles. The number of amides is 2. The predicted molar refractivity (Wildman–Crippen MR) is 119 cm³/mol. The Kier molecular flexibility index (Phi) is 6.44. The van der Waals surface area contributed by atoms with Gasteiger partial charge < -0.3 is 20.1 Å². The summed E-state index contributed by atoms with van der Waals surface area (Å²) in [5, 5.41) is 11.5. The maximum absolute atomic E-state index is 12.7. The van der Waals surface area contributed by atoms with Gasteiger partial charge in [-0.3, -0.25) is 9.59 Å². The van der Waals surface area contributed by atoms with Gasteiger partial charge in [-0.15, -0.1) is 0 Å². The highest BCUT2D eigenvalue weighted by molar-refractivity contribution is 5.86. The lowest BCUT2D eigenvalue weighted by molar-refractivity contribution is -0.141. The molecule has 0 unspecified atom stereocenters. The van der Waals surface area contributed by atoms with Crippen LogP contribution in [0.25, 0.3) is 11.1 Å². The molecule has 4 rings (SSSR count). The van der Waals surface area contributed by atoms with Gasteiger partial charge in [0.2, 0.25) is 5.91 Å². The van der Waals surface area contributed by atoms with Gasteiger partial charge in [0.05, 0.1) is 0 Å². The second kappa shape index (κ2) is 9.42. The van der Waals surface area contributed by atoms with Crippen molar-refractivity contribution < 1.29 is 24.2 Å². The van der Waals surface area contributed by atoms with Crippen LogP contribution in [0.3, 0.4) is 0 Å². The quantitative estimate of drug-likeness (QED) is 0.659. The highest BCUT2D eigenvalue weighted by Crippen LogP contribution is 2.44. The Balaban J connectivity index is 1.31. The van der Waals surface area contributed by atoms with Crippen LogP contribution in [0, 0.1) is 5.92 Å². The minimum Gasteiger partial charge on any atom is -0.481 e. The van der Waals surface area contributed by atoms with Gasteiger partial charge in [-0.25, -0.2) is 4.79 Å². The third kappa shape index (κ3) is 4.47. The molecule has 1 fully saturated rings. The maximum atomic E-state index is 12.7. The van der Waals surface area contributed by atoms with E-state index in [0.717, 1.165) is 22.3 Å². The molecule has 2 aliphatic rings. The number of carboxylic acid groups (broad SMARTS) is 1. The van der Waals surface area contributed by atoms with Gasteiger partial charge in [0, 0.05) is 25.4 Å². The lowest BCUT2D eigenvalue weighted by Crippen LogP contribution is -2.57. The topological polar surface area (TPSA) is 95.9 Å². The SMILES string of the molecule is CC[C@@H](NC(=O)OCC1c2ccccc2-c2ccccc21)C(=O)N1CC(CCC(=O)O)C1. The molecular weight excluding hydrogens is 408 g/mol. The smallest absolute Gasteiger partial charge is 0.407 e. The summed E-state index contributed by atoms with van der Waals surface area (Å²) in [6.07, 6.45) is 0.534. The first kappa shape index (κ1) is 21.9. The number of rotatable bonds is 8. The molecule has 2 N–H and O–H groups in total. The minimum absolute atomic E-state index is 0.0331. The van der Waals surface area contributed by atoms with E-state index in [0.29, 0.717) is 25.9 Å². The molecule has 1 heterocycles. The van der Waals surface area contributed by atoms with Crippen molar-refractivity contribution in [1.82, 2.24) is 10.2 Å². The monoisotopic (exact) mass is 436 g/mol. The fourth-order valence-electron chi connectivity index (χ4n) is 4.60. The van der Waals surface area contributed by atoms with Crippen molar-refractivity contribution in [2.75, 3.05) is 19.7 Å². The minimum atomic E-state index is -0.821. The summed E-state index contributed by atoms with van der Waals surface area (Å²) in [6, 6.07) is 15.6. The van der Waals surface area contributed by atoms with E-state index in [1.165, 1.54) is 0 Å². The molecule has 0 spiro atoms. The number of carbonyl (C=O) groups excluding carboxylic acids is 2. The first-order valence-corrected chi connectivity index (χ1v) is 11.1. The standard InChI is InChI=1S/C25H28N2O5/c1-2-22(24(30)27-13-16(14-27)11-12-23(28)29)26-25(31)32-15-21-19-9-5-3-7-17(19)18-8-4-6-10-20(18)21/h3-10,16,21-22H,2,11-15H2,1H3,(H,26,31)(H,28,29)/t22-/m1/s1. The molecule has 7 heteroatoms. The molecule has 2 amide bonds. The van der Waals surface area contributed by atoms with Crippen molar-refractivity contribution in [3.8, 4) is 11.1 Å². The summed E-state index contributed by atoms with van der Waals surface area (Å²) in [6.45, 7) is 3.11. The van der Waals surface area contributed by atoms with Crippen LogP contribution in [0.4, 0.5) is 4.79 Å². The molecule has 0 radical (unpaired) electrons. The van der Waals surface area contributed by atoms with E-state index in [1.807, 2.05) is 31.2 Å². The Labute approximate surface area is 187 Å². The van der Waals surface area contributed by atoms with E-state index >= 15 is 0 Å². The first-order valence-electron chi connectivity index (χ1n) is 11.1. The molecule has 7 nitrogen and oxygen atoms in total. The first-order chi connectivity index (χ1) is 15.5. The van der Waals surface area contributed by atoms with Crippen molar-refractivity contribution >= 4 is 18.0 Å². The van der Waals surface area contributed by atoms with Gasteiger partial charge in [0.1, 0.15) is 12.6 Å². The number of benzene rings is 2. The number of alkyl carbamates (subject to hydrolysis) is 1. The summed E-state index contributed by atoms with van der Waals surface area (Å²) in [4.78, 5) is 37.6. The molecule has 1 aliphatic heterocycles. The van der Waals surface area contributed by atoms with Crippen LogP contribution in [0.1, 0.15) is 43.2 Å². The number of aliphatic carboxylic acids is 1. The lowest BCUT2D eigenvalue weighted by atomic mass is 9.93. The highest BCUT2D eigenvalue weighted by atomic mass is 16.5. The largest absolute Gasteiger partial charge is 0.481 e. The zero-order valence-electron chi connectivity index (χ0n) is 18.1. The van der Waals surface area contributed by atoms with Gasteiger partial charge in [-0.05, 0) is 41.0 Å². The Morgan fingerprint density at radius 3 is 2.22 bits per heavy atom. The summed E-state index contributed by atoms with van der Waals surface area (Å²) >= 11 is 0. The average molecular weight is 437 g/mol. The van der Waals surface area contributed by atoms with Crippen LogP contribution >= 0.6 is 0 Å². The number of likely N-dealkylation sites (tertiary alicyclic amines) is 1. The molecule has 0 saturated carbocycles. The fraction of sp³-hybridized carbons (Fsp3) is 0.400. The lowest BCUT2D eigenvalue weighted by Gasteiger charge is -2.41. The van der Waals surface area contributed by atoms with E-state index in [2.05, 4.69) is 29.6 Å². The normalized spacial score (nSPS) is 16.0. The van der Waals surface area contributed by atoms with Gasteiger partial charge in [-0.1, -0.05) is 55.5 Å². The number of ether oxygens (including phenoxy) is 1. The summed E-state index contributed by atoms with van der Waals surface area (Å²) in [5.41, 5.74) is 4.60. The number of fused-ring (bicyclic) bond motifs is 3. The van der Waals surface area contributed by atoms with Crippen molar-refractivity contribution in [1.29, 1.82) is 0 Å². The summed E-state index contributed by atoms with van der Waals surface area (Å²) in [5.74, 6) is -0.790. The van der Waals surface area contributed by atoms with E-state index in [1.54, 1.807) is 4.90 Å². The fourth-order valence-corrected chi connectivity index (χ4v) is 4.60. The van der Waals surface area contributed by atoms with E-state index in [-0.39, 0.29) is 30.8 Å². The van der Waals surface area contributed by atoms with E-state index in [9.17, 15) is 14.4 Å². The van der Waals surface area contributed by atoms with Gasteiger partial charge in [0.15, 0.2) is 0 Å². The number of carbonyl (C=O) groups is 3. The Hall–Kier alpha value is -3.35. The van der Waals surface area contributed by atoms with Gasteiger partial charge in [0.25, 0.3) is 0 Å². The number of hydrogen-bond acceptors (Lipinski definition) is 4. The van der Waals surface area contributed by atoms with Crippen LogP contribution in [0.15, 0.2) is 48.5 Å². The molecular formula is C25H28N2O5. The average Bonchev–Trinajstić information content (AvgIpc) is 3.08. The number of nitrogens with one attached hydrogen (secondary N) is 1. The number of nitrogens with zero attached hydrogens (tertiary/aromatic N) is 1. The van der Waals surface area contributed by atoms with Crippen LogP contribution < -0.4 is 5.32 Å². The summed E-state index contributed by atoms with van der Waals surface area (Å²) < 4.78 is 5.55. The molecule has 32 heavy (non-hydrogen) atoms. The summed E-state index contributed by atoms with van der Waals surface area (Å²) in [7, 11) is 0. The molecule has 0 aromatic heterocycles. The second-order valence-electron chi connectivity index (χ2n) is 8.47. The molecule has 1 saturated heterocycles. The number of carboxylic acids is 1. The highest BCUT2D eigenvalue weighted by Gasteiger charge is 2.35. The molecule has 168 valence electrons. The van der Waals surface area contributed by atoms with E-state index < -0.39 is 18.1 Å². The van der Waals surface area contributed by atoms with Crippen LogP contribution in [0.5, 0.6) is 0 Å². The third-order valence-electron chi connectivity index (χ3n) is 6.38. The third-order valence-corrected chi connectivity index (χ3v) is 6.38. The van der Waals surface area contributed by atoms with Crippen LogP contribution in [0.2, 0.25) is 0 Å². The Bertz CT molecular complexity index is 969.